The number of rotatable bonds is 3. The fraction of sp³-hybridized carbons (Fsp3) is 0.500. The average Bonchev–Trinajstić information content (AvgIpc) is 2.69. The third kappa shape index (κ3) is 2.79. The smallest absolute Gasteiger partial charge is 0.123 e. The predicted octanol–water partition coefficient (Wildman–Crippen LogP) is 3.19. The Kier molecular flexibility index (Phi) is 3.76. The van der Waals surface area contributed by atoms with Gasteiger partial charge in [0.2, 0.25) is 0 Å². The SMILES string of the molecule is Fc1ccc(CN2CCCC2CBr)cc1. The van der Waals surface area contributed by atoms with Crippen molar-refractivity contribution in [2.45, 2.75) is 25.4 Å². The van der Waals surface area contributed by atoms with Gasteiger partial charge in [-0.25, -0.2) is 4.39 Å². The van der Waals surface area contributed by atoms with Crippen molar-refractivity contribution in [3.05, 3.63) is 35.6 Å². The number of hydrogen-bond acceptors (Lipinski definition) is 1. The Labute approximate surface area is 98.4 Å². The van der Waals surface area contributed by atoms with E-state index in [4.69, 9.17) is 0 Å². The number of nitrogens with zero attached hydrogens (tertiary/aromatic N) is 1. The van der Waals surface area contributed by atoms with E-state index in [1.165, 1.54) is 30.5 Å². The second-order valence-corrected chi connectivity index (χ2v) is 4.69. The van der Waals surface area contributed by atoms with Crippen molar-refractivity contribution in [2.75, 3.05) is 11.9 Å². The number of likely N-dealkylation sites (tertiary alicyclic amines) is 1. The molecule has 1 saturated heterocycles. The summed E-state index contributed by atoms with van der Waals surface area (Å²) in [4.78, 5) is 2.46. The molecule has 0 amide bonds. The van der Waals surface area contributed by atoms with Crippen LogP contribution in [0.25, 0.3) is 0 Å². The monoisotopic (exact) mass is 271 g/mol. The van der Waals surface area contributed by atoms with Crippen LogP contribution in [0, 0.1) is 5.82 Å². The summed E-state index contributed by atoms with van der Waals surface area (Å²) >= 11 is 3.54. The van der Waals surface area contributed by atoms with Gasteiger partial charge in [0.15, 0.2) is 0 Å². The highest BCUT2D eigenvalue weighted by atomic mass is 79.9. The molecule has 1 nitrogen and oxygen atoms in total. The molecule has 3 heteroatoms. The standard InChI is InChI=1S/C12H15BrFN/c13-8-12-2-1-7-15(12)9-10-3-5-11(14)6-4-10/h3-6,12H,1-2,7-9H2. The molecular formula is C12H15BrFN. The third-order valence-electron chi connectivity index (χ3n) is 2.98. The Hall–Kier alpha value is -0.410. The normalized spacial score (nSPS) is 22.1. The lowest BCUT2D eigenvalue weighted by molar-refractivity contribution is 0.265. The van der Waals surface area contributed by atoms with Crippen molar-refractivity contribution in [1.29, 1.82) is 0 Å². The van der Waals surface area contributed by atoms with Gasteiger partial charge in [-0.2, -0.15) is 0 Å². The summed E-state index contributed by atoms with van der Waals surface area (Å²) < 4.78 is 12.7. The van der Waals surface area contributed by atoms with Gasteiger partial charge >= 0.3 is 0 Å². The first-order valence-corrected chi connectivity index (χ1v) is 6.46. The molecule has 0 aliphatic carbocycles. The minimum Gasteiger partial charge on any atom is -0.295 e. The van der Waals surface area contributed by atoms with Crippen LogP contribution in [0.3, 0.4) is 0 Å². The predicted molar refractivity (Wildman–Crippen MR) is 63.6 cm³/mol. The van der Waals surface area contributed by atoms with Gasteiger partial charge in [0.05, 0.1) is 0 Å². The van der Waals surface area contributed by atoms with E-state index >= 15 is 0 Å². The van der Waals surface area contributed by atoms with Crippen LogP contribution in [0.5, 0.6) is 0 Å². The molecule has 2 rings (SSSR count). The van der Waals surface area contributed by atoms with E-state index in [-0.39, 0.29) is 5.82 Å². The Morgan fingerprint density at radius 1 is 1.33 bits per heavy atom. The van der Waals surface area contributed by atoms with Crippen molar-refractivity contribution in [3.63, 3.8) is 0 Å². The van der Waals surface area contributed by atoms with Crippen molar-refractivity contribution < 1.29 is 4.39 Å². The first-order chi connectivity index (χ1) is 7.29. The highest BCUT2D eigenvalue weighted by molar-refractivity contribution is 9.09. The molecule has 15 heavy (non-hydrogen) atoms. The summed E-state index contributed by atoms with van der Waals surface area (Å²) in [5.74, 6) is -0.155. The zero-order valence-electron chi connectivity index (χ0n) is 8.63. The summed E-state index contributed by atoms with van der Waals surface area (Å²) in [5.41, 5.74) is 1.20. The summed E-state index contributed by atoms with van der Waals surface area (Å²) in [6, 6.07) is 7.47. The minimum atomic E-state index is -0.155. The molecule has 0 saturated carbocycles. The topological polar surface area (TPSA) is 3.24 Å². The van der Waals surface area contributed by atoms with Crippen molar-refractivity contribution in [3.8, 4) is 0 Å². The van der Waals surface area contributed by atoms with E-state index < -0.39 is 0 Å². The molecule has 1 atom stereocenters. The van der Waals surface area contributed by atoms with Crippen LogP contribution < -0.4 is 0 Å². The quantitative estimate of drug-likeness (QED) is 0.764. The fourth-order valence-corrected chi connectivity index (χ4v) is 2.84. The molecule has 1 aromatic rings. The van der Waals surface area contributed by atoms with E-state index in [9.17, 15) is 4.39 Å². The van der Waals surface area contributed by atoms with Gasteiger partial charge in [0.25, 0.3) is 0 Å². The zero-order valence-corrected chi connectivity index (χ0v) is 10.2. The van der Waals surface area contributed by atoms with Gasteiger partial charge in [-0.1, -0.05) is 28.1 Å². The van der Waals surface area contributed by atoms with E-state index in [2.05, 4.69) is 20.8 Å². The van der Waals surface area contributed by atoms with E-state index in [0.717, 1.165) is 18.4 Å². The molecule has 1 aliphatic rings. The third-order valence-corrected chi connectivity index (χ3v) is 3.72. The number of hydrogen-bond donors (Lipinski definition) is 0. The van der Waals surface area contributed by atoms with E-state index in [1.54, 1.807) is 0 Å². The molecule has 1 aliphatic heterocycles. The molecule has 1 fully saturated rings. The van der Waals surface area contributed by atoms with Gasteiger partial charge < -0.3 is 0 Å². The second-order valence-electron chi connectivity index (χ2n) is 4.05. The van der Waals surface area contributed by atoms with Gasteiger partial charge in [0.1, 0.15) is 5.82 Å². The van der Waals surface area contributed by atoms with Crippen LogP contribution in [0.2, 0.25) is 0 Å². The molecule has 1 unspecified atom stereocenters. The van der Waals surface area contributed by atoms with E-state index in [0.29, 0.717) is 6.04 Å². The first-order valence-electron chi connectivity index (χ1n) is 5.34. The van der Waals surface area contributed by atoms with Crippen LogP contribution in [-0.2, 0) is 6.54 Å². The molecule has 1 heterocycles. The fourth-order valence-electron chi connectivity index (χ4n) is 2.10. The molecule has 0 N–H and O–H groups in total. The number of alkyl halides is 1. The zero-order chi connectivity index (χ0) is 10.7. The summed E-state index contributed by atoms with van der Waals surface area (Å²) in [6.07, 6.45) is 2.55. The molecule has 0 radical (unpaired) electrons. The van der Waals surface area contributed by atoms with Crippen molar-refractivity contribution in [2.24, 2.45) is 0 Å². The number of halogens is 2. The Morgan fingerprint density at radius 3 is 2.73 bits per heavy atom. The number of benzene rings is 1. The Balaban J connectivity index is 1.99. The average molecular weight is 272 g/mol. The van der Waals surface area contributed by atoms with Crippen LogP contribution in [0.4, 0.5) is 4.39 Å². The van der Waals surface area contributed by atoms with Gasteiger partial charge in [-0.05, 0) is 37.1 Å². The van der Waals surface area contributed by atoms with Crippen LogP contribution >= 0.6 is 15.9 Å². The molecule has 82 valence electrons. The maximum absolute atomic E-state index is 12.7. The van der Waals surface area contributed by atoms with Crippen LogP contribution in [0.15, 0.2) is 24.3 Å². The minimum absolute atomic E-state index is 0.155. The summed E-state index contributed by atoms with van der Waals surface area (Å²) in [6.45, 7) is 2.10. The van der Waals surface area contributed by atoms with Crippen LogP contribution in [-0.4, -0.2) is 22.8 Å². The maximum atomic E-state index is 12.7. The maximum Gasteiger partial charge on any atom is 0.123 e. The van der Waals surface area contributed by atoms with Gasteiger partial charge in [0, 0.05) is 17.9 Å². The largest absolute Gasteiger partial charge is 0.295 e. The van der Waals surface area contributed by atoms with Gasteiger partial charge in [-0.15, -0.1) is 0 Å². The molecule has 0 bridgehead atoms. The second kappa shape index (κ2) is 5.08. The molecule has 0 aromatic heterocycles. The highest BCUT2D eigenvalue weighted by Crippen LogP contribution is 2.21. The molecular weight excluding hydrogens is 257 g/mol. The summed E-state index contributed by atoms with van der Waals surface area (Å²) in [7, 11) is 0. The summed E-state index contributed by atoms with van der Waals surface area (Å²) in [5, 5.41) is 1.04. The lowest BCUT2D eigenvalue weighted by atomic mass is 10.2. The Morgan fingerprint density at radius 2 is 2.07 bits per heavy atom. The lowest BCUT2D eigenvalue weighted by Gasteiger charge is -2.22. The van der Waals surface area contributed by atoms with E-state index in [1.807, 2.05) is 12.1 Å². The van der Waals surface area contributed by atoms with Crippen molar-refractivity contribution >= 4 is 15.9 Å². The lowest BCUT2D eigenvalue weighted by Crippen LogP contribution is -2.29. The molecule has 1 aromatic carbocycles. The van der Waals surface area contributed by atoms with Crippen LogP contribution in [0.1, 0.15) is 18.4 Å². The van der Waals surface area contributed by atoms with Gasteiger partial charge in [-0.3, -0.25) is 4.90 Å². The molecule has 0 spiro atoms. The first kappa shape index (κ1) is 11.1. The highest BCUT2D eigenvalue weighted by Gasteiger charge is 2.22. The Bertz CT molecular complexity index is 312. The van der Waals surface area contributed by atoms with Crippen molar-refractivity contribution in [1.82, 2.24) is 4.90 Å².